The van der Waals surface area contributed by atoms with Gasteiger partial charge in [0.15, 0.2) is 0 Å². The third kappa shape index (κ3) is 12.1. The molecule has 4 nitrogen and oxygen atoms in total. The van der Waals surface area contributed by atoms with Gasteiger partial charge in [0.2, 0.25) is 0 Å². The molecule has 0 saturated carbocycles. The van der Waals surface area contributed by atoms with Crippen LogP contribution in [0.25, 0.3) is 0 Å². The van der Waals surface area contributed by atoms with Crippen LogP contribution in [0.15, 0.2) is 0 Å². The van der Waals surface area contributed by atoms with Crippen molar-refractivity contribution in [3.05, 3.63) is 0 Å². The first kappa shape index (κ1) is 13.1. The number of nitrogens with two attached hydrogens (primary N) is 1. The zero-order valence-electron chi connectivity index (χ0n) is 7.98. The maximum Gasteiger partial charge on any atom is 0.325 e. The first-order valence-electron chi connectivity index (χ1n) is 4.81. The molecule has 0 aliphatic heterocycles. The molecule has 4 N–H and O–H groups in total. The quantitative estimate of drug-likeness (QED) is 0.417. The Balaban J connectivity index is 3.04. The highest BCUT2D eigenvalue weighted by atomic mass is 31.2. The van der Waals surface area contributed by atoms with Gasteiger partial charge in [0, 0.05) is 6.16 Å². The lowest BCUT2D eigenvalue weighted by Crippen LogP contribution is -1.97. The van der Waals surface area contributed by atoms with Gasteiger partial charge in [-0.15, -0.1) is 0 Å². The fraction of sp³-hybridized carbons (Fsp3) is 1.00. The van der Waals surface area contributed by atoms with E-state index >= 15 is 0 Å². The summed E-state index contributed by atoms with van der Waals surface area (Å²) in [6.45, 7) is 0.739. The van der Waals surface area contributed by atoms with Crippen LogP contribution in [0.5, 0.6) is 0 Å². The Labute approximate surface area is 79.7 Å². The molecule has 80 valence electrons. The Hall–Kier alpha value is 0.110. The first-order chi connectivity index (χ1) is 6.06. The highest BCUT2D eigenvalue weighted by molar-refractivity contribution is 7.51. The fourth-order valence-corrected chi connectivity index (χ4v) is 1.80. The van der Waals surface area contributed by atoms with Crippen LogP contribution >= 0.6 is 7.60 Å². The van der Waals surface area contributed by atoms with E-state index in [0.717, 1.165) is 38.6 Å². The Kier molecular flexibility index (Phi) is 7.57. The molecule has 5 heteroatoms. The smallest absolute Gasteiger partial charge is 0.325 e. The van der Waals surface area contributed by atoms with Crippen LogP contribution in [-0.4, -0.2) is 22.5 Å². The van der Waals surface area contributed by atoms with Crippen molar-refractivity contribution >= 4 is 7.60 Å². The summed E-state index contributed by atoms with van der Waals surface area (Å²) in [5.41, 5.74) is 5.32. The van der Waals surface area contributed by atoms with Gasteiger partial charge < -0.3 is 15.5 Å². The van der Waals surface area contributed by atoms with Crippen LogP contribution in [0, 0.1) is 0 Å². The van der Waals surface area contributed by atoms with Crippen LogP contribution in [0.4, 0.5) is 0 Å². The van der Waals surface area contributed by atoms with Gasteiger partial charge in [-0.1, -0.05) is 25.7 Å². The molecular weight excluding hydrogens is 189 g/mol. The minimum Gasteiger partial charge on any atom is -0.330 e. The molecular formula is C8H20NO3P. The Morgan fingerprint density at radius 2 is 1.38 bits per heavy atom. The zero-order valence-corrected chi connectivity index (χ0v) is 8.88. The van der Waals surface area contributed by atoms with E-state index in [1.165, 1.54) is 0 Å². The minimum atomic E-state index is -3.75. The van der Waals surface area contributed by atoms with Crippen LogP contribution in [0.3, 0.4) is 0 Å². The predicted octanol–water partition coefficient (Wildman–Crippen LogP) is 1.46. The summed E-state index contributed by atoms with van der Waals surface area (Å²) < 4.78 is 10.4. The summed E-state index contributed by atoms with van der Waals surface area (Å²) in [5, 5.41) is 0. The maximum absolute atomic E-state index is 10.4. The van der Waals surface area contributed by atoms with E-state index in [4.69, 9.17) is 15.5 Å². The van der Waals surface area contributed by atoms with Gasteiger partial charge in [-0.3, -0.25) is 4.57 Å². The summed E-state index contributed by atoms with van der Waals surface area (Å²) in [5.74, 6) is 0. The molecule has 0 aliphatic rings. The van der Waals surface area contributed by atoms with Crippen molar-refractivity contribution in [1.82, 2.24) is 0 Å². The number of rotatable bonds is 8. The molecule has 0 aromatic rings. The lowest BCUT2D eigenvalue weighted by atomic mass is 10.1. The van der Waals surface area contributed by atoms with Crippen LogP contribution in [0.1, 0.15) is 38.5 Å². The van der Waals surface area contributed by atoms with Gasteiger partial charge >= 0.3 is 7.60 Å². The molecule has 0 radical (unpaired) electrons. The second kappa shape index (κ2) is 7.51. The largest absolute Gasteiger partial charge is 0.330 e. The average Bonchev–Trinajstić information content (AvgIpc) is 2.01. The summed E-state index contributed by atoms with van der Waals surface area (Å²) in [6.07, 6.45) is 5.94. The number of hydrogen-bond donors (Lipinski definition) is 3. The van der Waals surface area contributed by atoms with Crippen molar-refractivity contribution < 1.29 is 14.4 Å². The zero-order chi connectivity index (χ0) is 10.2. The average molecular weight is 209 g/mol. The van der Waals surface area contributed by atoms with E-state index in [1.807, 2.05) is 0 Å². The van der Waals surface area contributed by atoms with Crippen molar-refractivity contribution in [2.75, 3.05) is 12.7 Å². The van der Waals surface area contributed by atoms with E-state index in [1.54, 1.807) is 0 Å². The van der Waals surface area contributed by atoms with E-state index in [2.05, 4.69) is 0 Å². The molecule has 0 bridgehead atoms. The van der Waals surface area contributed by atoms with E-state index in [-0.39, 0.29) is 6.16 Å². The van der Waals surface area contributed by atoms with Gasteiger partial charge in [-0.2, -0.15) is 0 Å². The molecule has 0 amide bonds. The molecule has 13 heavy (non-hydrogen) atoms. The molecule has 0 rings (SSSR count). The summed E-state index contributed by atoms with van der Waals surface area (Å²) in [7, 11) is -3.75. The van der Waals surface area contributed by atoms with Crippen molar-refractivity contribution in [2.24, 2.45) is 5.73 Å². The van der Waals surface area contributed by atoms with Crippen molar-refractivity contribution in [1.29, 1.82) is 0 Å². The standard InChI is InChI=1S/C8H20NO3P/c9-7-5-3-1-2-4-6-8-13(10,11)12/h1-9H2,(H2,10,11,12). The fourth-order valence-electron chi connectivity index (χ4n) is 1.17. The first-order valence-corrected chi connectivity index (χ1v) is 6.60. The summed E-state index contributed by atoms with van der Waals surface area (Å²) >= 11 is 0. The number of unbranched alkanes of at least 4 members (excludes halogenated alkanes) is 5. The van der Waals surface area contributed by atoms with Crippen molar-refractivity contribution in [3.63, 3.8) is 0 Å². The second-order valence-corrected chi connectivity index (χ2v) is 5.07. The molecule has 0 atom stereocenters. The van der Waals surface area contributed by atoms with Gasteiger partial charge in [0.05, 0.1) is 0 Å². The molecule has 0 spiro atoms. The highest BCUT2D eigenvalue weighted by Gasteiger charge is 2.10. The Bertz CT molecular complexity index is 157. The Morgan fingerprint density at radius 1 is 0.923 bits per heavy atom. The van der Waals surface area contributed by atoms with Crippen LogP contribution in [-0.2, 0) is 4.57 Å². The highest BCUT2D eigenvalue weighted by Crippen LogP contribution is 2.35. The van der Waals surface area contributed by atoms with Gasteiger partial charge in [-0.25, -0.2) is 0 Å². The predicted molar refractivity (Wildman–Crippen MR) is 53.7 cm³/mol. The molecule has 0 aliphatic carbocycles. The van der Waals surface area contributed by atoms with Crippen LogP contribution in [0.2, 0.25) is 0 Å². The minimum absolute atomic E-state index is 0.0316. The summed E-state index contributed by atoms with van der Waals surface area (Å²) in [4.78, 5) is 17.1. The third-order valence-corrected chi connectivity index (χ3v) is 2.80. The molecule has 0 saturated heterocycles. The van der Waals surface area contributed by atoms with Crippen molar-refractivity contribution in [2.45, 2.75) is 38.5 Å². The van der Waals surface area contributed by atoms with Crippen LogP contribution < -0.4 is 5.73 Å². The monoisotopic (exact) mass is 209 g/mol. The van der Waals surface area contributed by atoms with E-state index in [0.29, 0.717) is 6.42 Å². The molecule has 0 heterocycles. The SMILES string of the molecule is NCCCCCCCCP(=O)(O)O. The van der Waals surface area contributed by atoms with E-state index < -0.39 is 7.60 Å². The normalized spacial score (nSPS) is 11.9. The van der Waals surface area contributed by atoms with Crippen molar-refractivity contribution in [3.8, 4) is 0 Å². The lowest BCUT2D eigenvalue weighted by molar-refractivity contribution is 0.370. The number of hydrogen-bond acceptors (Lipinski definition) is 2. The van der Waals surface area contributed by atoms with E-state index in [9.17, 15) is 4.57 Å². The third-order valence-electron chi connectivity index (χ3n) is 1.90. The summed E-state index contributed by atoms with van der Waals surface area (Å²) in [6, 6.07) is 0. The van der Waals surface area contributed by atoms with Gasteiger partial charge in [0.25, 0.3) is 0 Å². The Morgan fingerprint density at radius 3 is 1.85 bits per heavy atom. The molecule has 0 aromatic heterocycles. The van der Waals surface area contributed by atoms with Gasteiger partial charge in [0.1, 0.15) is 0 Å². The molecule has 0 unspecified atom stereocenters. The maximum atomic E-state index is 10.4. The second-order valence-electron chi connectivity index (χ2n) is 3.30. The lowest BCUT2D eigenvalue weighted by Gasteiger charge is -2.03. The topological polar surface area (TPSA) is 83.6 Å². The molecule has 0 aromatic carbocycles. The van der Waals surface area contributed by atoms with Gasteiger partial charge in [-0.05, 0) is 19.4 Å². The molecule has 0 fully saturated rings.